The first-order valence-electron chi connectivity index (χ1n) is 6.61. The number of hydrogen-bond donors (Lipinski definition) is 1. The Kier molecular flexibility index (Phi) is 4.11. The molecule has 1 aromatic carbocycles. The SMILES string of the molecule is CNc1ccc(Oc2c([N+](=O)[O-])c(C(C)C)nn2C)cc1. The van der Waals surface area contributed by atoms with Crippen LogP contribution >= 0.6 is 0 Å². The van der Waals surface area contributed by atoms with Gasteiger partial charge in [-0.15, -0.1) is 0 Å². The van der Waals surface area contributed by atoms with E-state index in [0.717, 1.165) is 5.69 Å². The smallest absolute Gasteiger partial charge is 0.354 e. The van der Waals surface area contributed by atoms with Gasteiger partial charge in [-0.25, -0.2) is 4.68 Å². The van der Waals surface area contributed by atoms with Gasteiger partial charge in [0.15, 0.2) is 0 Å². The molecule has 0 bridgehead atoms. The second kappa shape index (κ2) is 5.82. The molecule has 0 aliphatic carbocycles. The standard InChI is InChI=1S/C14H18N4O3/c1-9(2)12-13(18(19)20)14(17(4)16-12)21-11-7-5-10(15-3)6-8-11/h5-9,15H,1-4H3. The fraction of sp³-hybridized carbons (Fsp3) is 0.357. The van der Waals surface area contributed by atoms with Crippen molar-refractivity contribution in [2.45, 2.75) is 19.8 Å². The highest BCUT2D eigenvalue weighted by molar-refractivity contribution is 5.51. The van der Waals surface area contributed by atoms with Crippen LogP contribution in [0, 0.1) is 10.1 Å². The Morgan fingerprint density at radius 2 is 1.95 bits per heavy atom. The first kappa shape index (κ1) is 14.8. The lowest BCUT2D eigenvalue weighted by Crippen LogP contribution is -1.98. The van der Waals surface area contributed by atoms with Crippen LogP contribution in [0.2, 0.25) is 0 Å². The van der Waals surface area contributed by atoms with Gasteiger partial charge in [0.2, 0.25) is 0 Å². The number of ether oxygens (including phenoxy) is 1. The molecule has 0 saturated heterocycles. The molecule has 0 fully saturated rings. The van der Waals surface area contributed by atoms with Crippen molar-refractivity contribution in [2.24, 2.45) is 7.05 Å². The molecule has 2 rings (SSSR count). The highest BCUT2D eigenvalue weighted by Gasteiger charge is 2.30. The van der Waals surface area contributed by atoms with E-state index in [1.54, 1.807) is 19.2 Å². The summed E-state index contributed by atoms with van der Waals surface area (Å²) in [7, 11) is 3.45. The minimum absolute atomic E-state index is 0.0550. The Hall–Kier alpha value is -2.57. The van der Waals surface area contributed by atoms with Crippen LogP contribution in [0.15, 0.2) is 24.3 Å². The van der Waals surface area contributed by atoms with Crippen molar-refractivity contribution in [3.05, 3.63) is 40.1 Å². The maximum Gasteiger partial charge on any atom is 0.354 e. The van der Waals surface area contributed by atoms with Crippen LogP contribution in [-0.4, -0.2) is 21.8 Å². The van der Waals surface area contributed by atoms with Crippen molar-refractivity contribution < 1.29 is 9.66 Å². The highest BCUT2D eigenvalue weighted by atomic mass is 16.6. The van der Waals surface area contributed by atoms with Crippen LogP contribution in [0.1, 0.15) is 25.5 Å². The van der Waals surface area contributed by atoms with Crippen molar-refractivity contribution in [3.63, 3.8) is 0 Å². The van der Waals surface area contributed by atoms with Gasteiger partial charge >= 0.3 is 5.69 Å². The second-order valence-corrected chi connectivity index (χ2v) is 4.95. The number of anilines is 1. The van der Waals surface area contributed by atoms with Crippen LogP contribution in [0.4, 0.5) is 11.4 Å². The maximum atomic E-state index is 11.3. The van der Waals surface area contributed by atoms with Gasteiger partial charge in [0, 0.05) is 25.7 Å². The minimum Gasteiger partial charge on any atom is -0.434 e. The number of aryl methyl sites for hydroxylation is 1. The van der Waals surface area contributed by atoms with Crippen LogP contribution in [0.25, 0.3) is 0 Å². The van der Waals surface area contributed by atoms with Gasteiger partial charge in [-0.1, -0.05) is 13.8 Å². The molecule has 0 unspecified atom stereocenters. The average Bonchev–Trinajstić information content (AvgIpc) is 2.77. The van der Waals surface area contributed by atoms with Gasteiger partial charge in [-0.3, -0.25) is 10.1 Å². The van der Waals surface area contributed by atoms with Gasteiger partial charge in [0.05, 0.1) is 4.92 Å². The van der Waals surface area contributed by atoms with E-state index >= 15 is 0 Å². The van der Waals surface area contributed by atoms with Crippen LogP contribution in [-0.2, 0) is 7.05 Å². The van der Waals surface area contributed by atoms with E-state index in [9.17, 15) is 10.1 Å². The maximum absolute atomic E-state index is 11.3. The summed E-state index contributed by atoms with van der Waals surface area (Å²) in [5.41, 5.74) is 1.28. The monoisotopic (exact) mass is 290 g/mol. The molecule has 1 heterocycles. The summed E-state index contributed by atoms with van der Waals surface area (Å²) in [6, 6.07) is 7.16. The van der Waals surface area contributed by atoms with Crippen molar-refractivity contribution >= 4 is 11.4 Å². The Bertz CT molecular complexity index is 647. The van der Waals surface area contributed by atoms with Crippen molar-refractivity contribution in [1.82, 2.24) is 9.78 Å². The average molecular weight is 290 g/mol. The topological polar surface area (TPSA) is 82.2 Å². The number of rotatable bonds is 5. The predicted octanol–water partition coefficient (Wildman–Crippen LogP) is 3.29. The third-order valence-electron chi connectivity index (χ3n) is 3.08. The van der Waals surface area contributed by atoms with Gasteiger partial charge in [-0.05, 0) is 24.3 Å². The third kappa shape index (κ3) is 2.96. The molecule has 0 saturated carbocycles. The molecule has 0 aliphatic rings. The highest BCUT2D eigenvalue weighted by Crippen LogP contribution is 2.37. The fourth-order valence-electron chi connectivity index (χ4n) is 1.99. The fourth-order valence-corrected chi connectivity index (χ4v) is 1.99. The molecule has 2 aromatic rings. The van der Waals surface area contributed by atoms with E-state index in [1.165, 1.54) is 4.68 Å². The molecule has 112 valence electrons. The Morgan fingerprint density at radius 1 is 1.33 bits per heavy atom. The van der Waals surface area contributed by atoms with Gasteiger partial charge < -0.3 is 10.1 Å². The normalized spacial score (nSPS) is 10.7. The van der Waals surface area contributed by atoms with Crippen molar-refractivity contribution in [3.8, 4) is 11.6 Å². The summed E-state index contributed by atoms with van der Waals surface area (Å²) in [6.45, 7) is 3.72. The summed E-state index contributed by atoms with van der Waals surface area (Å²) in [6.07, 6.45) is 0. The minimum atomic E-state index is -0.445. The summed E-state index contributed by atoms with van der Waals surface area (Å²) >= 11 is 0. The molecular weight excluding hydrogens is 272 g/mol. The molecule has 0 amide bonds. The summed E-state index contributed by atoms with van der Waals surface area (Å²) in [5.74, 6) is 0.608. The molecule has 0 aliphatic heterocycles. The third-order valence-corrected chi connectivity index (χ3v) is 3.08. The Labute approximate surface area is 122 Å². The van der Waals surface area contributed by atoms with Crippen LogP contribution in [0.5, 0.6) is 11.6 Å². The van der Waals surface area contributed by atoms with E-state index in [-0.39, 0.29) is 17.5 Å². The van der Waals surface area contributed by atoms with Crippen molar-refractivity contribution in [2.75, 3.05) is 12.4 Å². The van der Waals surface area contributed by atoms with Gasteiger partial charge in [-0.2, -0.15) is 5.10 Å². The number of nitrogens with one attached hydrogen (secondary N) is 1. The Morgan fingerprint density at radius 3 is 2.43 bits per heavy atom. The molecule has 7 nitrogen and oxygen atoms in total. The molecule has 1 aromatic heterocycles. The lowest BCUT2D eigenvalue weighted by atomic mass is 10.1. The van der Waals surface area contributed by atoms with Crippen LogP contribution < -0.4 is 10.1 Å². The molecule has 1 N–H and O–H groups in total. The second-order valence-electron chi connectivity index (χ2n) is 4.95. The molecule has 21 heavy (non-hydrogen) atoms. The summed E-state index contributed by atoms with van der Waals surface area (Å²) in [5, 5.41) is 18.5. The van der Waals surface area contributed by atoms with E-state index in [2.05, 4.69) is 10.4 Å². The summed E-state index contributed by atoms with van der Waals surface area (Å²) in [4.78, 5) is 10.9. The first-order valence-corrected chi connectivity index (χ1v) is 6.61. The number of aromatic nitrogens is 2. The van der Waals surface area contributed by atoms with Gasteiger partial charge in [0.1, 0.15) is 11.4 Å². The van der Waals surface area contributed by atoms with E-state index in [0.29, 0.717) is 11.4 Å². The number of benzene rings is 1. The lowest BCUT2D eigenvalue weighted by molar-refractivity contribution is -0.386. The Balaban J connectivity index is 2.40. The number of nitrogens with zero attached hydrogens (tertiary/aromatic N) is 3. The molecule has 0 atom stereocenters. The van der Waals surface area contributed by atoms with E-state index in [1.807, 2.05) is 33.0 Å². The first-order chi connectivity index (χ1) is 9.93. The van der Waals surface area contributed by atoms with E-state index < -0.39 is 4.92 Å². The molecular formula is C14H18N4O3. The quantitative estimate of drug-likeness (QED) is 0.675. The zero-order chi connectivity index (χ0) is 15.6. The predicted molar refractivity (Wildman–Crippen MR) is 80.0 cm³/mol. The molecule has 0 radical (unpaired) electrons. The molecule has 7 heteroatoms. The van der Waals surface area contributed by atoms with Crippen molar-refractivity contribution in [1.29, 1.82) is 0 Å². The van der Waals surface area contributed by atoms with E-state index in [4.69, 9.17) is 4.74 Å². The van der Waals surface area contributed by atoms with Crippen LogP contribution in [0.3, 0.4) is 0 Å². The molecule has 0 spiro atoms. The lowest BCUT2D eigenvalue weighted by Gasteiger charge is -2.06. The number of nitro groups is 1. The summed E-state index contributed by atoms with van der Waals surface area (Å²) < 4.78 is 7.07. The zero-order valence-corrected chi connectivity index (χ0v) is 12.5. The number of hydrogen-bond acceptors (Lipinski definition) is 5. The largest absolute Gasteiger partial charge is 0.434 e. The van der Waals surface area contributed by atoms with Gasteiger partial charge in [0.25, 0.3) is 5.88 Å². The zero-order valence-electron chi connectivity index (χ0n) is 12.5.